The molecule has 72 valence electrons. The van der Waals surface area contributed by atoms with E-state index in [0.717, 1.165) is 10.8 Å². The van der Waals surface area contributed by atoms with Gasteiger partial charge in [0.05, 0.1) is 10.7 Å². The molecule has 14 heavy (non-hydrogen) atoms. The van der Waals surface area contributed by atoms with Crippen molar-refractivity contribution in [2.75, 3.05) is 11.1 Å². The Balaban J connectivity index is 2.28. The van der Waals surface area contributed by atoms with Crippen LogP contribution in [0.4, 0.5) is 16.5 Å². The third-order valence-corrected chi connectivity index (χ3v) is 2.68. The van der Waals surface area contributed by atoms with Crippen LogP contribution in [0.5, 0.6) is 0 Å². The van der Waals surface area contributed by atoms with Gasteiger partial charge in [-0.15, -0.1) is 11.3 Å². The lowest BCUT2D eigenvalue weighted by Crippen LogP contribution is -1.92. The summed E-state index contributed by atoms with van der Waals surface area (Å²) in [6.45, 7) is 0. The average molecular weight is 226 g/mol. The molecule has 0 bridgehead atoms. The molecule has 1 aromatic heterocycles. The summed E-state index contributed by atoms with van der Waals surface area (Å²) >= 11 is 7.48. The van der Waals surface area contributed by atoms with Gasteiger partial charge in [-0.1, -0.05) is 11.6 Å². The highest BCUT2D eigenvalue weighted by atomic mass is 35.5. The van der Waals surface area contributed by atoms with Crippen LogP contribution in [0.3, 0.4) is 0 Å². The number of aromatic nitrogens is 1. The van der Waals surface area contributed by atoms with Crippen molar-refractivity contribution in [2.24, 2.45) is 0 Å². The second-order valence-electron chi connectivity index (χ2n) is 2.70. The Hall–Kier alpha value is -1.26. The summed E-state index contributed by atoms with van der Waals surface area (Å²) in [4.78, 5) is 4.09. The maximum absolute atomic E-state index is 5.97. The van der Waals surface area contributed by atoms with Gasteiger partial charge in [-0.2, -0.15) is 0 Å². The summed E-state index contributed by atoms with van der Waals surface area (Å²) in [5.74, 6) is 0. The van der Waals surface area contributed by atoms with E-state index in [1.165, 1.54) is 11.3 Å². The zero-order valence-electron chi connectivity index (χ0n) is 7.20. The van der Waals surface area contributed by atoms with Crippen LogP contribution >= 0.6 is 22.9 Å². The Morgan fingerprint density at radius 1 is 1.43 bits per heavy atom. The maximum Gasteiger partial charge on any atom is 0.187 e. The molecular formula is C9H8ClN3S. The fourth-order valence-corrected chi connectivity index (χ4v) is 1.75. The highest BCUT2D eigenvalue weighted by Gasteiger charge is 2.02. The first-order chi connectivity index (χ1) is 6.75. The summed E-state index contributed by atoms with van der Waals surface area (Å²) < 4.78 is 0. The molecule has 0 unspecified atom stereocenters. The van der Waals surface area contributed by atoms with Crippen LogP contribution in [-0.2, 0) is 0 Å². The molecule has 0 fully saturated rings. The number of rotatable bonds is 2. The molecule has 3 nitrogen and oxygen atoms in total. The van der Waals surface area contributed by atoms with Crippen molar-refractivity contribution >= 4 is 39.4 Å². The summed E-state index contributed by atoms with van der Waals surface area (Å²) in [5.41, 5.74) is 7.09. The predicted octanol–water partition coefficient (Wildman–Crippen LogP) is 3.12. The molecule has 0 saturated carbocycles. The van der Waals surface area contributed by atoms with Crippen molar-refractivity contribution in [3.05, 3.63) is 34.8 Å². The Kier molecular flexibility index (Phi) is 2.56. The lowest BCUT2D eigenvalue weighted by molar-refractivity contribution is 1.39. The molecule has 0 aliphatic rings. The average Bonchev–Trinajstić information content (AvgIpc) is 2.64. The largest absolute Gasteiger partial charge is 0.399 e. The highest BCUT2D eigenvalue weighted by molar-refractivity contribution is 7.13. The van der Waals surface area contributed by atoms with E-state index in [1.54, 1.807) is 24.4 Å². The Morgan fingerprint density at radius 3 is 3.00 bits per heavy atom. The number of hydrogen-bond donors (Lipinski definition) is 2. The van der Waals surface area contributed by atoms with Gasteiger partial charge in [-0.3, -0.25) is 0 Å². The topological polar surface area (TPSA) is 50.9 Å². The molecule has 1 heterocycles. The molecule has 0 radical (unpaired) electrons. The van der Waals surface area contributed by atoms with Crippen molar-refractivity contribution in [3.8, 4) is 0 Å². The molecule has 5 heteroatoms. The third-order valence-electron chi connectivity index (χ3n) is 1.66. The number of nitrogens with two attached hydrogens (primary N) is 1. The molecule has 2 aromatic rings. The molecule has 0 atom stereocenters. The van der Waals surface area contributed by atoms with E-state index in [4.69, 9.17) is 17.3 Å². The van der Waals surface area contributed by atoms with Crippen molar-refractivity contribution in [3.63, 3.8) is 0 Å². The van der Waals surface area contributed by atoms with Gasteiger partial charge in [0, 0.05) is 17.3 Å². The summed E-state index contributed by atoms with van der Waals surface area (Å²) in [6, 6.07) is 5.30. The molecule has 0 saturated heterocycles. The first-order valence-corrected chi connectivity index (χ1v) is 5.23. The standard InChI is InChI=1S/C9H8ClN3S/c10-7-2-1-6(11)5-8(7)13-9-12-3-4-14-9/h1-5H,11H2,(H,12,13). The first kappa shape index (κ1) is 9.30. The number of benzene rings is 1. The van der Waals surface area contributed by atoms with Gasteiger partial charge < -0.3 is 11.1 Å². The number of nitrogens with zero attached hydrogens (tertiary/aromatic N) is 1. The van der Waals surface area contributed by atoms with Gasteiger partial charge in [0.1, 0.15) is 0 Å². The van der Waals surface area contributed by atoms with E-state index in [0.29, 0.717) is 10.7 Å². The molecule has 0 spiro atoms. The zero-order valence-corrected chi connectivity index (χ0v) is 8.77. The zero-order chi connectivity index (χ0) is 9.97. The number of hydrogen-bond acceptors (Lipinski definition) is 4. The van der Waals surface area contributed by atoms with E-state index in [9.17, 15) is 0 Å². The molecule has 0 aliphatic carbocycles. The molecule has 3 N–H and O–H groups in total. The van der Waals surface area contributed by atoms with Gasteiger partial charge in [0.2, 0.25) is 0 Å². The fraction of sp³-hybridized carbons (Fsp3) is 0. The predicted molar refractivity (Wildman–Crippen MR) is 61.3 cm³/mol. The van der Waals surface area contributed by atoms with Gasteiger partial charge in [-0.05, 0) is 18.2 Å². The van der Waals surface area contributed by atoms with E-state index < -0.39 is 0 Å². The van der Waals surface area contributed by atoms with E-state index in [1.807, 2.05) is 5.38 Å². The summed E-state index contributed by atoms with van der Waals surface area (Å²) in [7, 11) is 0. The van der Waals surface area contributed by atoms with Crippen LogP contribution in [0.2, 0.25) is 5.02 Å². The van der Waals surface area contributed by atoms with Gasteiger partial charge in [-0.25, -0.2) is 4.98 Å². The van der Waals surface area contributed by atoms with Crippen LogP contribution in [0.1, 0.15) is 0 Å². The Labute approximate surface area is 90.5 Å². The summed E-state index contributed by atoms with van der Waals surface area (Å²) in [5, 5.41) is 6.42. The minimum atomic E-state index is 0.634. The van der Waals surface area contributed by atoms with E-state index in [-0.39, 0.29) is 0 Å². The molecule has 1 aromatic carbocycles. The lowest BCUT2D eigenvalue weighted by Gasteiger charge is -2.05. The van der Waals surface area contributed by atoms with Crippen LogP contribution < -0.4 is 11.1 Å². The summed E-state index contributed by atoms with van der Waals surface area (Å²) in [6.07, 6.45) is 1.73. The van der Waals surface area contributed by atoms with Crippen LogP contribution in [0.15, 0.2) is 29.8 Å². The van der Waals surface area contributed by atoms with Crippen LogP contribution in [-0.4, -0.2) is 4.98 Å². The smallest absolute Gasteiger partial charge is 0.187 e. The number of nitrogens with one attached hydrogen (secondary N) is 1. The van der Waals surface area contributed by atoms with Gasteiger partial charge in [0.25, 0.3) is 0 Å². The van der Waals surface area contributed by atoms with E-state index in [2.05, 4.69) is 10.3 Å². The number of anilines is 3. The van der Waals surface area contributed by atoms with Gasteiger partial charge >= 0.3 is 0 Å². The maximum atomic E-state index is 5.97. The first-order valence-electron chi connectivity index (χ1n) is 3.97. The third kappa shape index (κ3) is 1.97. The Bertz CT molecular complexity index is 428. The molecule has 2 rings (SSSR count). The van der Waals surface area contributed by atoms with Crippen LogP contribution in [0.25, 0.3) is 0 Å². The SMILES string of the molecule is Nc1ccc(Cl)c(Nc2nccs2)c1. The minimum Gasteiger partial charge on any atom is -0.399 e. The minimum absolute atomic E-state index is 0.634. The second-order valence-corrected chi connectivity index (χ2v) is 4.00. The highest BCUT2D eigenvalue weighted by Crippen LogP contribution is 2.27. The van der Waals surface area contributed by atoms with Crippen molar-refractivity contribution in [2.45, 2.75) is 0 Å². The Morgan fingerprint density at radius 2 is 2.29 bits per heavy atom. The monoisotopic (exact) mass is 225 g/mol. The van der Waals surface area contributed by atoms with Crippen LogP contribution in [0, 0.1) is 0 Å². The molecule has 0 amide bonds. The normalized spacial score (nSPS) is 10.1. The van der Waals surface area contributed by atoms with E-state index >= 15 is 0 Å². The van der Waals surface area contributed by atoms with Crippen molar-refractivity contribution in [1.29, 1.82) is 0 Å². The number of thiazole rings is 1. The molecule has 0 aliphatic heterocycles. The van der Waals surface area contributed by atoms with Gasteiger partial charge in [0.15, 0.2) is 5.13 Å². The quantitative estimate of drug-likeness (QED) is 0.773. The van der Waals surface area contributed by atoms with Crippen molar-refractivity contribution < 1.29 is 0 Å². The fourth-order valence-electron chi connectivity index (χ4n) is 1.04. The second kappa shape index (κ2) is 3.86. The number of halogens is 1. The number of nitrogen functional groups attached to an aromatic ring is 1. The molecular weight excluding hydrogens is 218 g/mol. The lowest BCUT2D eigenvalue weighted by atomic mass is 10.3. The van der Waals surface area contributed by atoms with Crippen molar-refractivity contribution in [1.82, 2.24) is 4.98 Å².